The lowest BCUT2D eigenvalue weighted by molar-refractivity contribution is 0.335. The average Bonchev–Trinajstić information content (AvgIpc) is 2.60. The number of allylic oxidation sites excluding steroid dienone is 1. The summed E-state index contributed by atoms with van der Waals surface area (Å²) < 4.78 is 5.63. The lowest BCUT2D eigenvalue weighted by Gasteiger charge is -2.21. The van der Waals surface area contributed by atoms with E-state index < -0.39 is 0 Å². The van der Waals surface area contributed by atoms with Gasteiger partial charge in [-0.2, -0.15) is 0 Å². The highest BCUT2D eigenvalue weighted by Gasteiger charge is 2.16. The van der Waals surface area contributed by atoms with Gasteiger partial charge < -0.3 is 4.42 Å². The van der Waals surface area contributed by atoms with Crippen molar-refractivity contribution in [1.82, 2.24) is 0 Å². The van der Waals surface area contributed by atoms with Crippen molar-refractivity contribution in [2.24, 2.45) is 17.8 Å². The molecule has 136 valence electrons. The minimum Gasteiger partial charge on any atom is -0.422 e. The molecule has 1 heterocycles. The standard InChI is InChI=1S/C23H32O2/c1-7-15(4)17(6)21-14-20-11-10-18(13-22(20)25-23(21)24)12-16(5)19(8-2)9-3/h10-11,13-16,19H,6-9,12H2,1-5H3. The molecule has 0 aliphatic heterocycles. The zero-order chi connectivity index (χ0) is 18.6. The molecule has 2 aromatic rings. The predicted molar refractivity (Wildman–Crippen MR) is 108 cm³/mol. The van der Waals surface area contributed by atoms with Crippen LogP contribution in [0.2, 0.25) is 0 Å². The Balaban J connectivity index is 2.33. The normalized spacial score (nSPS) is 14.0. The summed E-state index contributed by atoms with van der Waals surface area (Å²) in [5.41, 5.74) is 3.12. The lowest BCUT2D eigenvalue weighted by atomic mass is 9.85. The van der Waals surface area contributed by atoms with Gasteiger partial charge in [-0.05, 0) is 53.9 Å². The van der Waals surface area contributed by atoms with Crippen LogP contribution in [-0.2, 0) is 6.42 Å². The minimum atomic E-state index is -0.275. The highest BCUT2D eigenvalue weighted by Crippen LogP contribution is 2.27. The van der Waals surface area contributed by atoms with E-state index in [2.05, 4.69) is 53.3 Å². The van der Waals surface area contributed by atoms with E-state index in [0.717, 1.165) is 29.7 Å². The van der Waals surface area contributed by atoms with E-state index in [1.807, 2.05) is 12.1 Å². The molecule has 0 radical (unpaired) electrons. The maximum Gasteiger partial charge on any atom is 0.343 e. The maximum absolute atomic E-state index is 12.4. The summed E-state index contributed by atoms with van der Waals surface area (Å²) in [6.07, 6.45) is 4.40. The van der Waals surface area contributed by atoms with E-state index in [4.69, 9.17) is 4.42 Å². The van der Waals surface area contributed by atoms with Crippen molar-refractivity contribution in [1.29, 1.82) is 0 Å². The van der Waals surface area contributed by atoms with Crippen molar-refractivity contribution in [3.8, 4) is 0 Å². The van der Waals surface area contributed by atoms with Gasteiger partial charge in [-0.25, -0.2) is 4.79 Å². The monoisotopic (exact) mass is 340 g/mol. The molecule has 0 spiro atoms. The molecule has 0 amide bonds. The Morgan fingerprint density at radius 3 is 2.36 bits per heavy atom. The highest BCUT2D eigenvalue weighted by molar-refractivity contribution is 5.81. The number of benzene rings is 1. The first kappa shape index (κ1) is 19.5. The molecule has 2 nitrogen and oxygen atoms in total. The molecule has 0 fully saturated rings. The molecule has 0 aliphatic carbocycles. The van der Waals surface area contributed by atoms with E-state index in [1.165, 1.54) is 18.4 Å². The second kappa shape index (κ2) is 8.51. The third kappa shape index (κ3) is 4.42. The largest absolute Gasteiger partial charge is 0.422 e. The van der Waals surface area contributed by atoms with Gasteiger partial charge in [0.25, 0.3) is 0 Å². The molecule has 1 aromatic heterocycles. The van der Waals surface area contributed by atoms with Crippen LogP contribution in [0.25, 0.3) is 16.5 Å². The molecular weight excluding hydrogens is 308 g/mol. The second-order valence-electron chi connectivity index (χ2n) is 7.41. The summed E-state index contributed by atoms with van der Waals surface area (Å²) in [4.78, 5) is 12.4. The zero-order valence-corrected chi connectivity index (χ0v) is 16.4. The molecule has 25 heavy (non-hydrogen) atoms. The third-order valence-electron chi connectivity index (χ3n) is 5.76. The Labute approximate surface area is 151 Å². The highest BCUT2D eigenvalue weighted by atomic mass is 16.4. The SMILES string of the molecule is C=C(c1cc2ccc(CC(C)C(CC)CC)cc2oc1=O)C(C)CC. The van der Waals surface area contributed by atoms with Crippen molar-refractivity contribution in [2.75, 3.05) is 0 Å². The Bertz CT molecular complexity index is 780. The zero-order valence-electron chi connectivity index (χ0n) is 16.4. The Morgan fingerprint density at radius 2 is 1.76 bits per heavy atom. The van der Waals surface area contributed by atoms with Gasteiger partial charge in [0.05, 0.1) is 5.56 Å². The molecular formula is C23H32O2. The van der Waals surface area contributed by atoms with Crippen LogP contribution in [-0.4, -0.2) is 0 Å². The fraction of sp³-hybridized carbons (Fsp3) is 0.522. The summed E-state index contributed by atoms with van der Waals surface area (Å²) in [5.74, 6) is 1.65. The number of hydrogen-bond donors (Lipinski definition) is 0. The maximum atomic E-state index is 12.4. The van der Waals surface area contributed by atoms with Crippen LogP contribution < -0.4 is 5.63 Å². The van der Waals surface area contributed by atoms with E-state index in [-0.39, 0.29) is 11.5 Å². The van der Waals surface area contributed by atoms with Crippen molar-refractivity contribution in [3.63, 3.8) is 0 Å². The lowest BCUT2D eigenvalue weighted by Crippen LogP contribution is -2.13. The Kier molecular flexibility index (Phi) is 6.64. The topological polar surface area (TPSA) is 30.2 Å². The predicted octanol–water partition coefficient (Wildman–Crippen LogP) is 6.47. The first-order valence-electron chi connectivity index (χ1n) is 9.67. The molecule has 0 aliphatic rings. The van der Waals surface area contributed by atoms with Crippen LogP contribution in [0.3, 0.4) is 0 Å². The van der Waals surface area contributed by atoms with Gasteiger partial charge in [-0.15, -0.1) is 0 Å². The van der Waals surface area contributed by atoms with Crippen LogP contribution >= 0.6 is 0 Å². The second-order valence-corrected chi connectivity index (χ2v) is 7.41. The number of rotatable bonds is 8. The molecule has 2 unspecified atom stereocenters. The molecule has 0 N–H and O–H groups in total. The molecule has 0 saturated carbocycles. The van der Waals surface area contributed by atoms with Gasteiger partial charge >= 0.3 is 5.63 Å². The van der Waals surface area contributed by atoms with Gasteiger partial charge in [0.2, 0.25) is 0 Å². The fourth-order valence-corrected chi connectivity index (χ4v) is 3.65. The van der Waals surface area contributed by atoms with Gasteiger partial charge in [0.1, 0.15) is 5.58 Å². The Morgan fingerprint density at radius 1 is 1.08 bits per heavy atom. The number of hydrogen-bond acceptors (Lipinski definition) is 2. The Hall–Kier alpha value is -1.83. The number of fused-ring (bicyclic) bond motifs is 1. The van der Waals surface area contributed by atoms with Crippen LogP contribution in [0, 0.1) is 17.8 Å². The van der Waals surface area contributed by atoms with Crippen molar-refractivity contribution in [3.05, 3.63) is 52.4 Å². The average molecular weight is 341 g/mol. The molecule has 1 aromatic carbocycles. The summed E-state index contributed by atoms with van der Waals surface area (Å²) in [7, 11) is 0. The van der Waals surface area contributed by atoms with Crippen molar-refractivity contribution < 1.29 is 4.42 Å². The van der Waals surface area contributed by atoms with Crippen molar-refractivity contribution in [2.45, 2.75) is 60.3 Å². The van der Waals surface area contributed by atoms with Crippen molar-refractivity contribution >= 4 is 16.5 Å². The quantitative estimate of drug-likeness (QED) is 0.516. The summed E-state index contributed by atoms with van der Waals surface area (Å²) >= 11 is 0. The van der Waals surface area contributed by atoms with Gasteiger partial charge in [-0.3, -0.25) is 0 Å². The van der Waals surface area contributed by atoms with Gasteiger partial charge in [0, 0.05) is 5.39 Å². The van der Waals surface area contributed by atoms with E-state index >= 15 is 0 Å². The van der Waals surface area contributed by atoms with Crippen LogP contribution in [0.5, 0.6) is 0 Å². The smallest absolute Gasteiger partial charge is 0.343 e. The first-order chi connectivity index (χ1) is 11.9. The fourth-order valence-electron chi connectivity index (χ4n) is 3.65. The van der Waals surface area contributed by atoms with Crippen LogP contribution in [0.4, 0.5) is 0 Å². The molecule has 0 bridgehead atoms. The van der Waals surface area contributed by atoms with Gasteiger partial charge in [-0.1, -0.05) is 66.2 Å². The van der Waals surface area contributed by atoms with E-state index in [9.17, 15) is 4.79 Å². The van der Waals surface area contributed by atoms with Gasteiger partial charge in [0.15, 0.2) is 0 Å². The summed E-state index contributed by atoms with van der Waals surface area (Å²) in [6, 6.07) is 8.20. The van der Waals surface area contributed by atoms with Crippen LogP contribution in [0.15, 0.2) is 40.1 Å². The summed E-state index contributed by atoms with van der Waals surface area (Å²) in [5, 5.41) is 0.970. The molecule has 0 saturated heterocycles. The van der Waals surface area contributed by atoms with E-state index in [0.29, 0.717) is 17.1 Å². The van der Waals surface area contributed by atoms with E-state index in [1.54, 1.807) is 0 Å². The molecule has 2 heteroatoms. The summed E-state index contributed by atoms with van der Waals surface area (Å²) in [6.45, 7) is 15.1. The molecule has 2 atom stereocenters. The molecule has 2 rings (SSSR count). The minimum absolute atomic E-state index is 0.275. The third-order valence-corrected chi connectivity index (χ3v) is 5.76. The van der Waals surface area contributed by atoms with Crippen LogP contribution in [0.1, 0.15) is 65.0 Å². The first-order valence-corrected chi connectivity index (χ1v) is 9.67.